The van der Waals surface area contributed by atoms with Crippen LogP contribution >= 0.6 is 0 Å². The lowest BCUT2D eigenvalue weighted by atomic mass is 10.0. The Labute approximate surface area is 292 Å². The quantitative estimate of drug-likeness (QED) is 0.108. The number of carbonyl (C=O) groups excluding carboxylic acids is 2. The fourth-order valence-corrected chi connectivity index (χ4v) is 5.10. The summed E-state index contributed by atoms with van der Waals surface area (Å²) in [7, 11) is 1.62. The zero-order valence-electron chi connectivity index (χ0n) is 28.4. The number of cyclic esters (lactones) is 1. The number of anilines is 1. The molecule has 16 heteroatoms. The van der Waals surface area contributed by atoms with Crippen molar-refractivity contribution in [1.29, 1.82) is 0 Å². The van der Waals surface area contributed by atoms with Gasteiger partial charge in [0.2, 0.25) is 0 Å². The minimum atomic E-state index is -4.60. The van der Waals surface area contributed by atoms with Gasteiger partial charge in [-0.3, -0.25) is 14.5 Å². The minimum absolute atomic E-state index is 0.0155. The van der Waals surface area contributed by atoms with Crippen LogP contribution in [0, 0.1) is 0 Å². The normalized spacial score (nSPS) is 14.7. The molecule has 1 aliphatic rings. The maximum absolute atomic E-state index is 13.6. The van der Waals surface area contributed by atoms with Crippen molar-refractivity contribution in [1.82, 2.24) is 4.98 Å². The van der Waals surface area contributed by atoms with E-state index in [-0.39, 0.29) is 49.2 Å². The molecule has 0 spiro atoms. The Balaban J connectivity index is 1.08. The molecule has 0 bridgehead atoms. The number of alkyl halides is 3. The van der Waals surface area contributed by atoms with Crippen molar-refractivity contribution in [2.45, 2.75) is 25.1 Å². The number of H-pyrrole nitrogens is 1. The van der Waals surface area contributed by atoms with Gasteiger partial charge in [-0.25, -0.2) is 4.79 Å². The van der Waals surface area contributed by atoms with Gasteiger partial charge >= 0.3 is 18.2 Å². The average Bonchev–Trinajstić information content (AvgIpc) is 3.49. The van der Waals surface area contributed by atoms with Crippen molar-refractivity contribution >= 4 is 28.5 Å². The largest absolute Gasteiger partial charge is 0.463 e. The molecule has 2 aromatic carbocycles. The molecule has 51 heavy (non-hydrogen) atoms. The molecule has 0 radical (unpaired) electrons. The summed E-state index contributed by atoms with van der Waals surface area (Å²) in [5.74, 6) is -0.468. The molecule has 1 saturated heterocycles. The van der Waals surface area contributed by atoms with Crippen LogP contribution < -0.4 is 10.5 Å². The molecule has 4 rings (SSSR count). The molecule has 13 nitrogen and oxygen atoms in total. The van der Waals surface area contributed by atoms with E-state index < -0.39 is 35.5 Å². The van der Waals surface area contributed by atoms with Crippen LogP contribution in [0.25, 0.3) is 22.0 Å². The fourth-order valence-electron chi connectivity index (χ4n) is 5.10. The summed E-state index contributed by atoms with van der Waals surface area (Å²) in [6.07, 6.45) is -5.59. The van der Waals surface area contributed by atoms with E-state index in [1.165, 1.54) is 35.2 Å². The number of fused-ring (bicyclic) bond motifs is 1. The third-order valence-electron chi connectivity index (χ3n) is 7.62. The van der Waals surface area contributed by atoms with Gasteiger partial charge in [-0.2, -0.15) is 13.2 Å². The van der Waals surface area contributed by atoms with Crippen LogP contribution in [-0.4, -0.2) is 116 Å². The predicted molar refractivity (Wildman–Crippen MR) is 179 cm³/mol. The maximum Gasteiger partial charge on any atom is 0.417 e. The molecule has 1 aliphatic heterocycles. The first-order chi connectivity index (χ1) is 24.7. The molecular weight excluding hydrogens is 681 g/mol. The number of nitrogens with zero attached hydrogens (tertiary/aromatic N) is 1. The van der Waals surface area contributed by atoms with E-state index in [0.717, 1.165) is 6.07 Å². The highest BCUT2D eigenvalue weighted by atomic mass is 19.4. The summed E-state index contributed by atoms with van der Waals surface area (Å²) in [6, 6.07) is 11.1. The molecular formula is C35H43F3N2O11. The van der Waals surface area contributed by atoms with Crippen molar-refractivity contribution in [3.8, 4) is 11.3 Å². The third kappa shape index (κ3) is 12.9. The molecule has 0 saturated carbocycles. The molecule has 1 fully saturated rings. The van der Waals surface area contributed by atoms with Crippen molar-refractivity contribution in [3.05, 3.63) is 64.4 Å². The molecule has 2 heterocycles. The second-order valence-corrected chi connectivity index (χ2v) is 11.3. The first-order valence-electron chi connectivity index (χ1n) is 16.5. The van der Waals surface area contributed by atoms with Gasteiger partial charge < -0.3 is 42.9 Å². The average molecular weight is 725 g/mol. The van der Waals surface area contributed by atoms with Crippen LogP contribution in [0.15, 0.2) is 53.3 Å². The summed E-state index contributed by atoms with van der Waals surface area (Å²) in [6.45, 7) is 4.93. The Kier molecular flexibility index (Phi) is 16.1. The van der Waals surface area contributed by atoms with Gasteiger partial charge in [0.25, 0.3) is 5.56 Å². The van der Waals surface area contributed by atoms with Gasteiger partial charge in [0, 0.05) is 35.9 Å². The number of methoxy groups -OCH3 is 1. The molecule has 1 unspecified atom stereocenters. The van der Waals surface area contributed by atoms with E-state index >= 15 is 0 Å². The van der Waals surface area contributed by atoms with Gasteiger partial charge in [-0.15, -0.1) is 0 Å². The number of aromatic nitrogens is 1. The second kappa shape index (κ2) is 20.7. The van der Waals surface area contributed by atoms with Gasteiger partial charge in [0.1, 0.15) is 12.7 Å². The Bertz CT molecular complexity index is 1600. The van der Waals surface area contributed by atoms with Gasteiger partial charge in [0.05, 0.1) is 84.8 Å². The Morgan fingerprint density at radius 2 is 1.41 bits per heavy atom. The van der Waals surface area contributed by atoms with E-state index in [2.05, 4.69) is 4.98 Å². The summed E-state index contributed by atoms with van der Waals surface area (Å²) < 4.78 is 83.0. The number of aromatic amines is 1. The third-order valence-corrected chi connectivity index (χ3v) is 7.62. The smallest absolute Gasteiger partial charge is 0.417 e. The molecule has 1 amide bonds. The number of pyridine rings is 1. The first-order valence-corrected chi connectivity index (χ1v) is 16.5. The van der Waals surface area contributed by atoms with E-state index in [1.54, 1.807) is 19.2 Å². The van der Waals surface area contributed by atoms with E-state index in [1.807, 2.05) is 0 Å². The molecule has 3 aromatic rings. The molecule has 0 aliphatic carbocycles. The number of hydrogen-bond acceptors (Lipinski definition) is 11. The number of nitrogens with one attached hydrogen (secondary N) is 1. The summed E-state index contributed by atoms with van der Waals surface area (Å²) >= 11 is 0. The van der Waals surface area contributed by atoms with Crippen LogP contribution in [-0.2, 0) is 48.9 Å². The number of rotatable bonds is 23. The summed E-state index contributed by atoms with van der Waals surface area (Å²) in [4.78, 5) is 41.6. The van der Waals surface area contributed by atoms with Crippen LogP contribution in [0.5, 0.6) is 0 Å². The number of ether oxygens (including phenoxy) is 8. The number of halogens is 3. The zero-order valence-corrected chi connectivity index (χ0v) is 28.4. The lowest BCUT2D eigenvalue weighted by Crippen LogP contribution is -2.25. The predicted octanol–water partition coefficient (Wildman–Crippen LogP) is 4.59. The highest BCUT2D eigenvalue weighted by Crippen LogP contribution is 2.37. The molecule has 1 aromatic heterocycles. The van der Waals surface area contributed by atoms with Gasteiger partial charge in [0.15, 0.2) is 0 Å². The summed E-state index contributed by atoms with van der Waals surface area (Å²) in [5.41, 5.74) is -1.23. The lowest BCUT2D eigenvalue weighted by Gasteiger charge is -2.15. The van der Waals surface area contributed by atoms with E-state index in [9.17, 15) is 27.6 Å². The number of esters is 1. The first kappa shape index (κ1) is 39.7. The van der Waals surface area contributed by atoms with E-state index in [4.69, 9.17) is 37.9 Å². The van der Waals surface area contributed by atoms with Crippen molar-refractivity contribution in [2.24, 2.45) is 0 Å². The fraction of sp³-hybridized carbons (Fsp3) is 0.514. The van der Waals surface area contributed by atoms with Crippen LogP contribution in [0.4, 0.5) is 23.7 Å². The van der Waals surface area contributed by atoms with Crippen LogP contribution in [0.1, 0.15) is 18.4 Å². The van der Waals surface area contributed by atoms with Gasteiger partial charge in [-0.05, 0) is 36.1 Å². The SMILES string of the molecule is COCCOCCOCCOCCOCCOCCOC(=O)CCC1CN(c2ccc3cc(-c4ccccc4C(F)(F)F)[nH]c(=O)c3c2)C(=O)O1. The second-order valence-electron chi connectivity index (χ2n) is 11.3. The Morgan fingerprint density at radius 3 is 2.02 bits per heavy atom. The minimum Gasteiger partial charge on any atom is -0.463 e. The number of benzene rings is 2. The van der Waals surface area contributed by atoms with Crippen molar-refractivity contribution < 1.29 is 60.7 Å². The molecule has 1 atom stereocenters. The highest BCUT2D eigenvalue weighted by molar-refractivity contribution is 5.94. The molecule has 1 N–H and O–H groups in total. The van der Waals surface area contributed by atoms with Crippen molar-refractivity contribution in [3.63, 3.8) is 0 Å². The maximum atomic E-state index is 13.6. The lowest BCUT2D eigenvalue weighted by molar-refractivity contribution is -0.146. The number of carbonyl (C=O) groups is 2. The zero-order chi connectivity index (χ0) is 36.5. The number of amides is 1. The number of hydrogen-bond donors (Lipinski definition) is 1. The highest BCUT2D eigenvalue weighted by Gasteiger charge is 2.34. The van der Waals surface area contributed by atoms with E-state index in [0.29, 0.717) is 77.1 Å². The molecule has 280 valence electrons. The van der Waals surface area contributed by atoms with Crippen LogP contribution in [0.2, 0.25) is 0 Å². The Morgan fingerprint density at radius 1 is 0.824 bits per heavy atom. The van der Waals surface area contributed by atoms with Crippen LogP contribution in [0.3, 0.4) is 0 Å². The monoisotopic (exact) mass is 724 g/mol. The summed E-state index contributed by atoms with van der Waals surface area (Å²) in [5, 5.41) is 0.592. The van der Waals surface area contributed by atoms with Crippen molar-refractivity contribution in [2.75, 3.05) is 97.8 Å². The van der Waals surface area contributed by atoms with Gasteiger partial charge in [-0.1, -0.05) is 24.3 Å². The topological polar surface area (TPSA) is 144 Å². The standard InChI is InChI=1S/C35H43F3N2O11/c1-44-10-11-45-12-13-46-14-15-47-16-17-48-18-19-49-20-21-50-32(41)9-8-27-24-40(34(43)51-27)26-7-6-25-22-31(39-33(42)29(25)23-26)28-4-2-3-5-30(28)35(36,37)38/h2-7,22-23,27H,8-21,24H2,1H3,(H,39,42). The Hall–Kier alpha value is -4.06.